The number of ether oxygens (including phenoxy) is 1. The van der Waals surface area contributed by atoms with Crippen molar-refractivity contribution in [3.05, 3.63) is 80.7 Å². The number of carbonyl (C=O) groups excluding carboxylic acids is 3. The molecule has 14 nitrogen and oxygen atoms in total. The number of ketones is 1. The van der Waals surface area contributed by atoms with Crippen LogP contribution in [-0.2, 0) is 32.5 Å². The van der Waals surface area contributed by atoms with Crippen LogP contribution in [-0.4, -0.2) is 77.9 Å². The number of amides is 2. The highest BCUT2D eigenvalue weighted by Crippen LogP contribution is 2.23. The van der Waals surface area contributed by atoms with Gasteiger partial charge in [0.15, 0.2) is 5.01 Å². The number of sulfonamides is 1. The van der Waals surface area contributed by atoms with Gasteiger partial charge in [-0.2, -0.15) is 0 Å². The number of nitrogens with one attached hydrogen (secondary N) is 2. The molecule has 0 unspecified atom stereocenters. The zero-order valence-electron chi connectivity index (χ0n) is 29.5. The summed E-state index contributed by atoms with van der Waals surface area (Å²) < 4.78 is 34.2. The van der Waals surface area contributed by atoms with Crippen molar-refractivity contribution < 1.29 is 27.5 Å². The highest BCUT2D eigenvalue weighted by Gasteiger charge is 2.27. The molecule has 0 bridgehead atoms. The van der Waals surface area contributed by atoms with Crippen molar-refractivity contribution in [1.82, 2.24) is 24.5 Å². The molecule has 2 amide bonds. The number of likely N-dealkylation sites (tertiary alicyclic amines) is 1. The Morgan fingerprint density at radius 1 is 1.14 bits per heavy atom. The number of guanidine groups is 1. The quantitative estimate of drug-likeness (QED) is 0.0957. The monoisotopic (exact) mass is 741 g/mol. The van der Waals surface area contributed by atoms with Crippen molar-refractivity contribution in [2.75, 3.05) is 19.6 Å². The fourth-order valence-electron chi connectivity index (χ4n) is 5.59. The molecule has 1 aromatic carbocycles. The molecule has 3 aromatic rings. The number of aryl methyl sites for hydroxylation is 2. The number of rotatable bonds is 14. The van der Waals surface area contributed by atoms with Crippen LogP contribution in [0.25, 0.3) is 0 Å². The van der Waals surface area contributed by atoms with Gasteiger partial charge in [0.1, 0.15) is 12.1 Å². The number of Topliss-reactive ketones (excluding diaryl/α,β-unsaturated/α-hetero) is 1. The van der Waals surface area contributed by atoms with Gasteiger partial charge in [0, 0.05) is 43.0 Å². The highest BCUT2D eigenvalue weighted by molar-refractivity contribution is 7.90. The molecule has 0 saturated carbocycles. The fourth-order valence-corrected chi connectivity index (χ4v) is 7.17. The van der Waals surface area contributed by atoms with Crippen LogP contribution in [0.15, 0.2) is 68.9 Å². The van der Waals surface area contributed by atoms with Crippen molar-refractivity contribution >= 4 is 45.1 Å². The van der Waals surface area contributed by atoms with Crippen LogP contribution in [0.1, 0.15) is 73.8 Å². The number of hydrogen-bond donors (Lipinski definition) is 3. The average Bonchev–Trinajstić information content (AvgIpc) is 3.61. The minimum Gasteiger partial charge on any atom is -0.444 e. The van der Waals surface area contributed by atoms with Crippen LogP contribution in [0, 0.1) is 12.8 Å². The van der Waals surface area contributed by atoms with Crippen LogP contribution in [0.5, 0.6) is 0 Å². The molecule has 4 N–H and O–H groups in total. The van der Waals surface area contributed by atoms with Crippen LogP contribution in [0.2, 0.25) is 0 Å². The van der Waals surface area contributed by atoms with Gasteiger partial charge in [-0.05, 0) is 90.3 Å². The number of aromatic nitrogens is 2. The zero-order chi connectivity index (χ0) is 37.2. The summed E-state index contributed by atoms with van der Waals surface area (Å²) in [6.45, 7) is 8.38. The van der Waals surface area contributed by atoms with E-state index < -0.39 is 27.6 Å². The molecule has 3 heterocycles. The lowest BCUT2D eigenvalue weighted by Gasteiger charge is -2.33. The first-order valence-electron chi connectivity index (χ1n) is 16.9. The maximum atomic E-state index is 13.3. The number of aliphatic imine (C=N–C) groups is 1. The van der Waals surface area contributed by atoms with Gasteiger partial charge in [0.25, 0.3) is 15.6 Å². The lowest BCUT2D eigenvalue weighted by atomic mass is 9.91. The largest absolute Gasteiger partial charge is 0.444 e. The van der Waals surface area contributed by atoms with Gasteiger partial charge >= 0.3 is 6.09 Å². The first kappa shape index (κ1) is 39.2. The second-order valence-corrected chi connectivity index (χ2v) is 16.1. The van der Waals surface area contributed by atoms with Gasteiger partial charge in [0.2, 0.25) is 17.6 Å². The Balaban J connectivity index is 1.31. The molecule has 1 aliphatic heterocycles. The van der Waals surface area contributed by atoms with Crippen LogP contribution in [0.4, 0.5) is 4.79 Å². The molecule has 16 heteroatoms. The Labute approximate surface area is 302 Å². The smallest absolute Gasteiger partial charge is 0.410 e. The first-order valence-corrected chi connectivity index (χ1v) is 19.3. The predicted molar refractivity (Wildman–Crippen MR) is 195 cm³/mol. The Hall–Kier alpha value is -4.57. The number of benzene rings is 1. The van der Waals surface area contributed by atoms with E-state index >= 15 is 0 Å². The van der Waals surface area contributed by atoms with E-state index in [9.17, 15) is 27.6 Å². The fraction of sp³-hybridized carbons (Fsp3) is 0.486. The molecule has 1 fully saturated rings. The molecular weight excluding hydrogens is 695 g/mol. The Morgan fingerprint density at radius 3 is 2.49 bits per heavy atom. The molecule has 1 saturated heterocycles. The number of pyridine rings is 1. The molecule has 276 valence electrons. The summed E-state index contributed by atoms with van der Waals surface area (Å²) in [6, 6.07) is 8.81. The third kappa shape index (κ3) is 12.0. The summed E-state index contributed by atoms with van der Waals surface area (Å²) in [5.41, 5.74) is 6.51. The molecule has 4 rings (SSSR count). The van der Waals surface area contributed by atoms with Gasteiger partial charge in [0.05, 0.1) is 10.9 Å². The van der Waals surface area contributed by atoms with Gasteiger partial charge in [-0.15, -0.1) is 11.3 Å². The second-order valence-electron chi connectivity index (χ2n) is 13.6. The van der Waals surface area contributed by atoms with E-state index in [0.717, 1.165) is 36.2 Å². The van der Waals surface area contributed by atoms with Gasteiger partial charge in [-0.1, -0.05) is 23.8 Å². The molecule has 0 spiro atoms. The van der Waals surface area contributed by atoms with Crippen LogP contribution >= 0.6 is 11.3 Å². The highest BCUT2D eigenvalue weighted by atomic mass is 32.2. The van der Waals surface area contributed by atoms with E-state index in [0.29, 0.717) is 37.4 Å². The van der Waals surface area contributed by atoms with E-state index in [1.165, 1.54) is 29.1 Å². The molecule has 1 aliphatic rings. The van der Waals surface area contributed by atoms with Crippen molar-refractivity contribution in [3.8, 4) is 0 Å². The minimum atomic E-state index is -3.91. The summed E-state index contributed by atoms with van der Waals surface area (Å²) >= 11 is 1.15. The summed E-state index contributed by atoms with van der Waals surface area (Å²) in [5, 5.41) is 4.63. The molecule has 2 aromatic heterocycles. The van der Waals surface area contributed by atoms with Crippen molar-refractivity contribution in [1.29, 1.82) is 0 Å². The van der Waals surface area contributed by atoms with Gasteiger partial charge in [-0.25, -0.2) is 22.9 Å². The first-order chi connectivity index (χ1) is 24.1. The summed E-state index contributed by atoms with van der Waals surface area (Å²) in [7, 11) is -3.91. The van der Waals surface area contributed by atoms with Gasteiger partial charge < -0.3 is 25.3 Å². The van der Waals surface area contributed by atoms with Crippen molar-refractivity contribution in [2.24, 2.45) is 16.6 Å². The SMILES string of the molecule is Cc1ccc(S(=O)(=O)NC(N)=NCCC[C@H](NC(=O)Cn2cccc(CCC3CCN(C(=O)OC(C)(C)C)CC3)c2=O)C(=O)c2nccs2)cc1. The van der Waals surface area contributed by atoms with E-state index in [1.54, 1.807) is 34.5 Å². The lowest BCUT2D eigenvalue weighted by molar-refractivity contribution is -0.122. The summed E-state index contributed by atoms with van der Waals surface area (Å²) in [4.78, 5) is 62.1. The molecule has 0 aliphatic carbocycles. The number of thiazole rings is 1. The lowest BCUT2D eigenvalue weighted by Crippen LogP contribution is -2.43. The van der Waals surface area contributed by atoms with Crippen molar-refractivity contribution in [3.63, 3.8) is 0 Å². The third-order valence-electron chi connectivity index (χ3n) is 8.30. The number of hydrogen-bond acceptors (Lipinski definition) is 10. The molecule has 51 heavy (non-hydrogen) atoms. The van der Waals surface area contributed by atoms with E-state index in [4.69, 9.17) is 10.5 Å². The molecule has 1 atom stereocenters. The van der Waals surface area contributed by atoms with Crippen LogP contribution in [0.3, 0.4) is 0 Å². The number of nitrogens with zero attached hydrogens (tertiary/aromatic N) is 4. The molecule has 0 radical (unpaired) electrons. The number of carbonyl (C=O) groups is 3. The third-order valence-corrected chi connectivity index (χ3v) is 10.5. The summed E-state index contributed by atoms with van der Waals surface area (Å²) in [6.07, 6.45) is 6.14. The van der Waals surface area contributed by atoms with E-state index in [1.807, 2.05) is 27.7 Å². The van der Waals surface area contributed by atoms with Crippen molar-refractivity contribution in [2.45, 2.75) is 89.3 Å². The summed E-state index contributed by atoms with van der Waals surface area (Å²) in [5.74, 6) is -0.847. The Kier molecular flexibility index (Phi) is 13.5. The second kappa shape index (κ2) is 17.6. The zero-order valence-corrected chi connectivity index (χ0v) is 31.1. The van der Waals surface area contributed by atoms with E-state index in [2.05, 4.69) is 20.0 Å². The number of nitrogens with two attached hydrogens (primary N) is 1. The number of piperidine rings is 1. The minimum absolute atomic E-state index is 0.0464. The standard InChI is InChI=1S/C35H47N7O7S2/c1-24-9-13-27(14-10-24)51(47,48)40-33(36)38-17-5-8-28(30(44)31-37-18-22-50-31)39-29(43)23-42-19-6-7-26(32(42)45)12-11-25-15-20-41(21-16-25)34(46)49-35(2,3)4/h6-7,9-10,13-14,18-19,22,25,28H,5,8,11-12,15-17,20-21,23H2,1-4H3,(H,39,43)(H3,36,38,40)/t28-/m0/s1. The average molecular weight is 742 g/mol. The Bertz CT molecular complexity index is 1840. The van der Waals surface area contributed by atoms with E-state index in [-0.39, 0.29) is 52.8 Å². The Morgan fingerprint density at radius 2 is 1.84 bits per heavy atom. The van der Waals surface area contributed by atoms with Crippen LogP contribution < -0.4 is 21.3 Å². The maximum absolute atomic E-state index is 13.3. The topological polar surface area (TPSA) is 195 Å². The molecular formula is C35H47N7O7S2. The van der Waals surface area contributed by atoms with Gasteiger partial charge in [-0.3, -0.25) is 19.4 Å². The normalized spacial score (nSPS) is 14.9. The predicted octanol–water partition coefficient (Wildman–Crippen LogP) is 3.63. The maximum Gasteiger partial charge on any atom is 0.410 e.